The fraction of sp³-hybridized carbons (Fsp3) is 0.957. The van der Waals surface area contributed by atoms with Gasteiger partial charge in [0.25, 0.3) is 0 Å². The van der Waals surface area contributed by atoms with Crippen molar-refractivity contribution >= 4 is 5.97 Å². The standard InChI is InChI=1S/C23H43NO2/c1-2-3-4-5-6-7-8-9-10-11-12-13-14-15-23(25)26-22-18-20-16-17-21(19-22)24-20/h20-22,24H,2-19H2,1H3/t20-,21+,22?. The molecule has 26 heavy (non-hydrogen) atoms. The number of hydrogen-bond donors (Lipinski definition) is 1. The molecule has 2 heterocycles. The number of ether oxygens (including phenoxy) is 1. The molecule has 2 aliphatic heterocycles. The maximum atomic E-state index is 12.0. The molecule has 1 N–H and O–H groups in total. The predicted molar refractivity (Wildman–Crippen MR) is 109 cm³/mol. The van der Waals surface area contributed by atoms with Crippen LogP contribution in [0.3, 0.4) is 0 Å². The summed E-state index contributed by atoms with van der Waals surface area (Å²) in [5.41, 5.74) is 0. The molecule has 3 heteroatoms. The summed E-state index contributed by atoms with van der Waals surface area (Å²) in [5, 5.41) is 3.60. The van der Waals surface area contributed by atoms with Crippen LogP contribution < -0.4 is 5.32 Å². The van der Waals surface area contributed by atoms with Gasteiger partial charge in [0.1, 0.15) is 6.10 Å². The molecule has 152 valence electrons. The summed E-state index contributed by atoms with van der Waals surface area (Å²) in [6.45, 7) is 2.28. The smallest absolute Gasteiger partial charge is 0.306 e. The molecule has 0 radical (unpaired) electrons. The number of carbonyl (C=O) groups excluding carboxylic acids is 1. The minimum Gasteiger partial charge on any atom is -0.462 e. The van der Waals surface area contributed by atoms with Gasteiger partial charge in [-0.3, -0.25) is 4.79 Å². The highest BCUT2D eigenvalue weighted by molar-refractivity contribution is 5.69. The quantitative estimate of drug-likeness (QED) is 0.273. The van der Waals surface area contributed by atoms with Gasteiger partial charge in [-0.25, -0.2) is 0 Å². The van der Waals surface area contributed by atoms with Crippen LogP contribution in [-0.4, -0.2) is 24.2 Å². The number of hydrogen-bond acceptors (Lipinski definition) is 3. The summed E-state index contributed by atoms with van der Waals surface area (Å²) in [7, 11) is 0. The lowest BCUT2D eigenvalue weighted by atomic mass is 10.0. The first kappa shape index (κ1) is 21.7. The highest BCUT2D eigenvalue weighted by atomic mass is 16.5. The van der Waals surface area contributed by atoms with E-state index in [1.165, 1.54) is 89.9 Å². The van der Waals surface area contributed by atoms with E-state index in [0.29, 0.717) is 18.5 Å². The second-order valence-corrected chi connectivity index (χ2v) is 8.71. The van der Waals surface area contributed by atoms with Crippen LogP contribution in [0.4, 0.5) is 0 Å². The number of piperidine rings is 1. The SMILES string of the molecule is CCCCCCCCCCCCCCCC(=O)OC1C[C@H]2CC[C@@H](C1)N2. The van der Waals surface area contributed by atoms with E-state index in [4.69, 9.17) is 4.74 Å². The molecule has 3 nitrogen and oxygen atoms in total. The Hall–Kier alpha value is -0.570. The summed E-state index contributed by atoms with van der Waals surface area (Å²) >= 11 is 0. The van der Waals surface area contributed by atoms with Crippen LogP contribution in [0.5, 0.6) is 0 Å². The van der Waals surface area contributed by atoms with E-state index in [1.807, 2.05) is 0 Å². The zero-order valence-electron chi connectivity index (χ0n) is 17.3. The summed E-state index contributed by atoms with van der Waals surface area (Å²) in [5.74, 6) is 0.0411. The lowest BCUT2D eigenvalue weighted by molar-refractivity contribution is -0.151. The van der Waals surface area contributed by atoms with Crippen molar-refractivity contribution in [3.05, 3.63) is 0 Å². The first-order valence-electron chi connectivity index (χ1n) is 11.7. The van der Waals surface area contributed by atoms with Gasteiger partial charge in [-0.1, -0.05) is 84.0 Å². The molecule has 0 spiro atoms. The normalized spacial score (nSPS) is 24.7. The lowest BCUT2D eigenvalue weighted by Crippen LogP contribution is -2.42. The van der Waals surface area contributed by atoms with Crippen LogP contribution in [0.25, 0.3) is 0 Å². The van der Waals surface area contributed by atoms with Crippen LogP contribution >= 0.6 is 0 Å². The van der Waals surface area contributed by atoms with E-state index in [0.717, 1.165) is 19.3 Å². The average molecular weight is 366 g/mol. The molecule has 2 rings (SSSR count). The molecule has 0 aromatic rings. The maximum Gasteiger partial charge on any atom is 0.306 e. The Morgan fingerprint density at radius 2 is 1.23 bits per heavy atom. The number of esters is 1. The Morgan fingerprint density at radius 1 is 0.769 bits per heavy atom. The molecule has 0 aromatic heterocycles. The fourth-order valence-electron chi connectivity index (χ4n) is 4.63. The highest BCUT2D eigenvalue weighted by Gasteiger charge is 2.35. The molecular weight excluding hydrogens is 322 g/mol. The van der Waals surface area contributed by atoms with Gasteiger partial charge in [-0.2, -0.15) is 0 Å². The highest BCUT2D eigenvalue weighted by Crippen LogP contribution is 2.28. The van der Waals surface area contributed by atoms with Crippen molar-refractivity contribution in [1.29, 1.82) is 0 Å². The average Bonchev–Trinajstić information content (AvgIpc) is 2.97. The number of fused-ring (bicyclic) bond motifs is 2. The van der Waals surface area contributed by atoms with Crippen molar-refractivity contribution in [3.63, 3.8) is 0 Å². The third kappa shape index (κ3) is 9.39. The van der Waals surface area contributed by atoms with Gasteiger partial charge in [0, 0.05) is 18.5 Å². The Morgan fingerprint density at radius 3 is 1.73 bits per heavy atom. The lowest BCUT2D eigenvalue weighted by Gasteiger charge is -2.28. The molecule has 2 fully saturated rings. The van der Waals surface area contributed by atoms with Crippen molar-refractivity contribution in [2.45, 2.75) is 141 Å². The van der Waals surface area contributed by atoms with Gasteiger partial charge < -0.3 is 10.1 Å². The molecule has 3 atom stereocenters. The second kappa shape index (κ2) is 13.6. The summed E-state index contributed by atoms with van der Waals surface area (Å²) in [6.07, 6.45) is 22.8. The molecule has 2 bridgehead atoms. The van der Waals surface area contributed by atoms with Crippen LogP contribution in [0.1, 0.15) is 122 Å². The predicted octanol–water partition coefficient (Wildman–Crippen LogP) is 6.29. The number of rotatable bonds is 15. The summed E-state index contributed by atoms with van der Waals surface area (Å²) in [6, 6.07) is 1.20. The maximum absolute atomic E-state index is 12.0. The van der Waals surface area contributed by atoms with Crippen molar-refractivity contribution in [3.8, 4) is 0 Å². The topological polar surface area (TPSA) is 38.3 Å². The number of carbonyl (C=O) groups is 1. The zero-order valence-corrected chi connectivity index (χ0v) is 17.3. The van der Waals surface area contributed by atoms with Gasteiger partial charge >= 0.3 is 5.97 Å². The Labute approximate surface area is 162 Å². The van der Waals surface area contributed by atoms with Gasteiger partial charge in [-0.15, -0.1) is 0 Å². The third-order valence-electron chi connectivity index (χ3n) is 6.21. The molecular formula is C23H43NO2. The summed E-state index contributed by atoms with van der Waals surface area (Å²) < 4.78 is 5.70. The van der Waals surface area contributed by atoms with Gasteiger partial charge in [0.2, 0.25) is 0 Å². The van der Waals surface area contributed by atoms with Crippen molar-refractivity contribution in [2.24, 2.45) is 0 Å². The van der Waals surface area contributed by atoms with Crippen molar-refractivity contribution in [1.82, 2.24) is 5.32 Å². The second-order valence-electron chi connectivity index (χ2n) is 8.71. The Balaban J connectivity index is 1.32. The van der Waals surface area contributed by atoms with E-state index >= 15 is 0 Å². The van der Waals surface area contributed by atoms with Crippen LogP contribution in [0.2, 0.25) is 0 Å². The van der Waals surface area contributed by atoms with Crippen LogP contribution in [-0.2, 0) is 9.53 Å². The zero-order chi connectivity index (χ0) is 18.5. The van der Waals surface area contributed by atoms with Gasteiger partial charge in [0.05, 0.1) is 0 Å². The molecule has 2 aliphatic rings. The first-order chi connectivity index (χ1) is 12.8. The minimum atomic E-state index is 0.0411. The monoisotopic (exact) mass is 365 g/mol. The molecule has 0 amide bonds. The molecule has 0 aromatic carbocycles. The van der Waals surface area contributed by atoms with Crippen molar-refractivity contribution in [2.75, 3.05) is 0 Å². The van der Waals surface area contributed by atoms with Gasteiger partial charge in [-0.05, 0) is 32.1 Å². The number of unbranched alkanes of at least 4 members (excludes halogenated alkanes) is 12. The molecule has 1 unspecified atom stereocenters. The Kier molecular flexibility index (Phi) is 11.3. The molecule has 0 aliphatic carbocycles. The Bertz CT molecular complexity index is 359. The first-order valence-corrected chi connectivity index (χ1v) is 11.7. The largest absolute Gasteiger partial charge is 0.462 e. The van der Waals surface area contributed by atoms with E-state index in [9.17, 15) is 4.79 Å². The van der Waals surface area contributed by atoms with E-state index in [-0.39, 0.29) is 12.1 Å². The fourth-order valence-corrected chi connectivity index (χ4v) is 4.63. The van der Waals surface area contributed by atoms with Crippen LogP contribution in [0.15, 0.2) is 0 Å². The molecule has 2 saturated heterocycles. The van der Waals surface area contributed by atoms with E-state index in [1.54, 1.807) is 0 Å². The van der Waals surface area contributed by atoms with Gasteiger partial charge in [0.15, 0.2) is 0 Å². The van der Waals surface area contributed by atoms with Crippen LogP contribution in [0, 0.1) is 0 Å². The van der Waals surface area contributed by atoms with Crippen molar-refractivity contribution < 1.29 is 9.53 Å². The summed E-state index contributed by atoms with van der Waals surface area (Å²) in [4.78, 5) is 12.0. The molecule has 0 saturated carbocycles. The van der Waals surface area contributed by atoms with E-state index < -0.39 is 0 Å². The minimum absolute atomic E-state index is 0.0411. The third-order valence-corrected chi connectivity index (χ3v) is 6.21. The van der Waals surface area contributed by atoms with E-state index in [2.05, 4.69) is 12.2 Å². The number of nitrogens with one attached hydrogen (secondary N) is 1.